The highest BCUT2D eigenvalue weighted by atomic mass is 16.6. The molecule has 2 fully saturated rings. The second-order valence-electron chi connectivity index (χ2n) is 6.03. The molecule has 2 saturated heterocycles. The minimum atomic E-state index is -0.507. The first kappa shape index (κ1) is 17.0. The van der Waals surface area contributed by atoms with Crippen LogP contribution in [0.2, 0.25) is 0 Å². The van der Waals surface area contributed by atoms with Crippen molar-refractivity contribution in [3.05, 3.63) is 23.9 Å². The number of cyclic esters (lactones) is 1. The molecular weight excluding hydrogens is 326 g/mol. The summed E-state index contributed by atoms with van der Waals surface area (Å²) < 4.78 is 4.85. The molecule has 2 aliphatic rings. The van der Waals surface area contributed by atoms with Crippen molar-refractivity contribution in [3.8, 4) is 0 Å². The molecule has 9 heteroatoms. The monoisotopic (exact) mass is 347 g/mol. The van der Waals surface area contributed by atoms with E-state index in [0.717, 1.165) is 18.8 Å². The zero-order chi connectivity index (χ0) is 17.8. The van der Waals surface area contributed by atoms with E-state index >= 15 is 0 Å². The number of anilines is 1. The fourth-order valence-electron chi connectivity index (χ4n) is 2.95. The molecule has 1 aromatic rings. The lowest BCUT2D eigenvalue weighted by molar-refractivity contribution is -0.131. The normalized spacial score (nSPS) is 18.1. The largest absolute Gasteiger partial charge is 0.448 e. The third kappa shape index (κ3) is 3.98. The van der Waals surface area contributed by atoms with Crippen LogP contribution in [0.3, 0.4) is 0 Å². The van der Waals surface area contributed by atoms with Gasteiger partial charge in [-0.15, -0.1) is 0 Å². The summed E-state index contributed by atoms with van der Waals surface area (Å²) >= 11 is 0. The van der Waals surface area contributed by atoms with Gasteiger partial charge in [0.2, 0.25) is 11.8 Å². The average molecular weight is 347 g/mol. The molecule has 134 valence electrons. The van der Waals surface area contributed by atoms with E-state index < -0.39 is 12.0 Å². The number of aromatic nitrogens is 1. The van der Waals surface area contributed by atoms with Crippen LogP contribution in [0.5, 0.6) is 0 Å². The summed E-state index contributed by atoms with van der Waals surface area (Å²) in [5.74, 6) is 0.173. The zero-order valence-corrected chi connectivity index (χ0v) is 13.9. The topological polar surface area (TPSA) is 109 Å². The van der Waals surface area contributed by atoms with Crippen LogP contribution in [0, 0.1) is 0 Å². The van der Waals surface area contributed by atoms with Crippen molar-refractivity contribution in [2.45, 2.75) is 6.42 Å². The Morgan fingerprint density at radius 3 is 2.64 bits per heavy atom. The van der Waals surface area contributed by atoms with Gasteiger partial charge in [0.25, 0.3) is 0 Å². The van der Waals surface area contributed by atoms with Crippen molar-refractivity contribution in [1.29, 1.82) is 0 Å². The van der Waals surface area contributed by atoms with Crippen LogP contribution in [0.15, 0.2) is 18.3 Å². The molecule has 0 aliphatic carbocycles. The summed E-state index contributed by atoms with van der Waals surface area (Å²) in [6.45, 7) is 3.45. The van der Waals surface area contributed by atoms with Gasteiger partial charge in [-0.3, -0.25) is 14.5 Å². The Kier molecular flexibility index (Phi) is 5.01. The molecule has 3 rings (SSSR count). The molecule has 0 radical (unpaired) electrons. The second kappa shape index (κ2) is 7.37. The van der Waals surface area contributed by atoms with Gasteiger partial charge in [-0.2, -0.15) is 0 Å². The number of rotatable bonds is 4. The van der Waals surface area contributed by atoms with Gasteiger partial charge in [-0.1, -0.05) is 0 Å². The third-order valence-corrected chi connectivity index (χ3v) is 4.38. The molecular formula is C16H21N5O4. The first-order valence-electron chi connectivity index (χ1n) is 8.25. The Morgan fingerprint density at radius 1 is 1.16 bits per heavy atom. The number of primary amides is 1. The van der Waals surface area contributed by atoms with Crippen LogP contribution >= 0.6 is 0 Å². The van der Waals surface area contributed by atoms with E-state index in [1.165, 1.54) is 11.1 Å². The Bertz CT molecular complexity index is 663. The number of nitrogens with two attached hydrogens (primary N) is 1. The van der Waals surface area contributed by atoms with Gasteiger partial charge >= 0.3 is 6.09 Å². The molecule has 3 amide bonds. The lowest BCUT2D eigenvalue weighted by Crippen LogP contribution is -2.42. The molecule has 2 aliphatic heterocycles. The molecule has 0 unspecified atom stereocenters. The van der Waals surface area contributed by atoms with Gasteiger partial charge in [0, 0.05) is 32.4 Å². The molecule has 1 aromatic heterocycles. The lowest BCUT2D eigenvalue weighted by Gasteiger charge is -2.24. The Balaban J connectivity index is 1.57. The Hall–Kier alpha value is -2.84. The Morgan fingerprint density at radius 2 is 2.00 bits per heavy atom. The third-order valence-electron chi connectivity index (χ3n) is 4.38. The maximum Gasteiger partial charge on any atom is 0.410 e. The van der Waals surface area contributed by atoms with E-state index in [1.54, 1.807) is 17.0 Å². The summed E-state index contributed by atoms with van der Waals surface area (Å²) in [4.78, 5) is 44.5. The SMILES string of the molecule is NC(=O)c1ccc(N2CCCN(C(=O)CN3CCOC3=O)CC2)nc1. The highest BCUT2D eigenvalue weighted by Gasteiger charge is 2.27. The average Bonchev–Trinajstić information content (AvgIpc) is 2.86. The van der Waals surface area contributed by atoms with Crippen molar-refractivity contribution in [1.82, 2.24) is 14.8 Å². The summed E-state index contributed by atoms with van der Waals surface area (Å²) in [6, 6.07) is 3.41. The maximum absolute atomic E-state index is 12.4. The molecule has 0 aromatic carbocycles. The van der Waals surface area contributed by atoms with E-state index in [-0.39, 0.29) is 12.5 Å². The van der Waals surface area contributed by atoms with E-state index in [4.69, 9.17) is 10.5 Å². The molecule has 0 saturated carbocycles. The van der Waals surface area contributed by atoms with Crippen LogP contribution < -0.4 is 10.6 Å². The smallest absolute Gasteiger partial charge is 0.410 e. The summed E-state index contributed by atoms with van der Waals surface area (Å²) in [5.41, 5.74) is 5.59. The number of ether oxygens (including phenoxy) is 1. The molecule has 0 bridgehead atoms. The highest BCUT2D eigenvalue weighted by Crippen LogP contribution is 2.15. The first-order chi connectivity index (χ1) is 12.0. The van der Waals surface area contributed by atoms with Crippen molar-refractivity contribution >= 4 is 23.7 Å². The van der Waals surface area contributed by atoms with E-state index in [9.17, 15) is 14.4 Å². The summed E-state index contributed by atoms with van der Waals surface area (Å²) in [6.07, 6.45) is 1.84. The molecule has 2 N–H and O–H groups in total. The van der Waals surface area contributed by atoms with E-state index in [0.29, 0.717) is 38.3 Å². The number of pyridine rings is 1. The highest BCUT2D eigenvalue weighted by molar-refractivity contribution is 5.92. The van der Waals surface area contributed by atoms with Gasteiger partial charge in [-0.25, -0.2) is 9.78 Å². The van der Waals surface area contributed by atoms with Crippen LogP contribution in [0.4, 0.5) is 10.6 Å². The van der Waals surface area contributed by atoms with Crippen molar-refractivity contribution < 1.29 is 19.1 Å². The quantitative estimate of drug-likeness (QED) is 0.799. The number of carbonyl (C=O) groups excluding carboxylic acids is 3. The van der Waals surface area contributed by atoms with Gasteiger partial charge in [0.1, 0.15) is 19.0 Å². The predicted octanol–water partition coefficient (Wildman–Crippen LogP) is -0.329. The van der Waals surface area contributed by atoms with E-state index in [1.807, 2.05) is 0 Å². The van der Waals surface area contributed by atoms with Gasteiger partial charge < -0.3 is 20.3 Å². The standard InChI is InChI=1S/C16H21N5O4/c17-15(23)12-2-3-13(18-10-12)19-4-1-5-20(7-6-19)14(22)11-21-8-9-25-16(21)24/h2-3,10H,1,4-9,11H2,(H2,17,23). The number of nitrogens with zero attached hydrogens (tertiary/aromatic N) is 4. The molecule has 0 atom stereocenters. The van der Waals surface area contributed by atoms with Crippen molar-refractivity contribution in [2.24, 2.45) is 5.73 Å². The fourth-order valence-corrected chi connectivity index (χ4v) is 2.95. The van der Waals surface area contributed by atoms with Crippen LogP contribution in [-0.4, -0.2) is 78.6 Å². The van der Waals surface area contributed by atoms with Gasteiger partial charge in [0.15, 0.2) is 0 Å². The van der Waals surface area contributed by atoms with Crippen molar-refractivity contribution in [3.63, 3.8) is 0 Å². The summed E-state index contributed by atoms with van der Waals surface area (Å²) in [7, 11) is 0. The Labute approximate surface area is 145 Å². The van der Waals surface area contributed by atoms with Crippen molar-refractivity contribution in [2.75, 3.05) is 50.8 Å². The molecule has 0 spiro atoms. The zero-order valence-electron chi connectivity index (χ0n) is 13.9. The van der Waals surface area contributed by atoms with Gasteiger partial charge in [0.05, 0.1) is 12.1 Å². The first-order valence-corrected chi connectivity index (χ1v) is 8.25. The molecule has 3 heterocycles. The second-order valence-corrected chi connectivity index (χ2v) is 6.03. The maximum atomic E-state index is 12.4. The van der Waals surface area contributed by atoms with Crippen LogP contribution in [-0.2, 0) is 9.53 Å². The predicted molar refractivity (Wildman–Crippen MR) is 89.1 cm³/mol. The number of hydrogen-bond acceptors (Lipinski definition) is 6. The van der Waals surface area contributed by atoms with Gasteiger partial charge in [-0.05, 0) is 18.6 Å². The number of hydrogen-bond donors (Lipinski definition) is 1. The number of carbonyl (C=O) groups is 3. The van der Waals surface area contributed by atoms with Crippen LogP contribution in [0.25, 0.3) is 0 Å². The lowest BCUT2D eigenvalue weighted by atomic mass is 10.2. The fraction of sp³-hybridized carbons (Fsp3) is 0.500. The molecule has 9 nitrogen and oxygen atoms in total. The molecule has 25 heavy (non-hydrogen) atoms. The summed E-state index contributed by atoms with van der Waals surface area (Å²) in [5, 5.41) is 0. The minimum Gasteiger partial charge on any atom is -0.448 e. The van der Waals surface area contributed by atoms with E-state index in [2.05, 4.69) is 9.88 Å². The number of amides is 3. The van der Waals surface area contributed by atoms with Crippen LogP contribution in [0.1, 0.15) is 16.8 Å². The minimum absolute atomic E-state index is 0.0599.